The van der Waals surface area contributed by atoms with Gasteiger partial charge in [0.25, 0.3) is 0 Å². The van der Waals surface area contributed by atoms with E-state index in [1.807, 2.05) is 18.7 Å². The molecule has 1 aromatic carbocycles. The molecule has 0 radical (unpaired) electrons. The maximum Gasteiger partial charge on any atom is 0.429 e. The van der Waals surface area contributed by atoms with E-state index in [9.17, 15) is 23.1 Å². The highest BCUT2D eigenvalue weighted by atomic mass is 35.5. The number of hydrogen-bond donors (Lipinski definition) is 3. The second-order valence-electron chi connectivity index (χ2n) is 11.3. The van der Waals surface area contributed by atoms with Gasteiger partial charge in [-0.15, -0.1) is 0 Å². The zero-order valence-corrected chi connectivity index (χ0v) is 23.9. The molecule has 2 aromatic heterocycles. The molecular weight excluding hydrogens is 573 g/mol. The van der Waals surface area contributed by atoms with Crippen molar-refractivity contribution in [3.8, 4) is 17.0 Å². The van der Waals surface area contributed by atoms with Crippen molar-refractivity contribution in [1.29, 1.82) is 0 Å². The Morgan fingerprint density at radius 3 is 2.57 bits per heavy atom. The maximum absolute atomic E-state index is 14.6. The van der Waals surface area contributed by atoms with E-state index in [0.717, 1.165) is 5.69 Å². The Labute approximate surface area is 246 Å². The SMILES string of the molecule is CC(C)c1cc(-c2cc(Cl)ccc2[C@@H](Oc2cc(N3CCC4(CC3)CNC(C(=O)O)C4)nc(N)n2)C(F)(F)F)ccn1. The van der Waals surface area contributed by atoms with Crippen LogP contribution in [-0.4, -0.2) is 57.9 Å². The Bertz CT molecular complexity index is 1460. The van der Waals surface area contributed by atoms with Gasteiger partial charge in [-0.1, -0.05) is 31.5 Å². The molecule has 1 spiro atoms. The molecule has 0 amide bonds. The van der Waals surface area contributed by atoms with Crippen LogP contribution in [0.5, 0.6) is 5.88 Å². The van der Waals surface area contributed by atoms with Crippen LogP contribution >= 0.6 is 11.6 Å². The molecule has 3 aromatic rings. The van der Waals surface area contributed by atoms with Gasteiger partial charge in [0, 0.05) is 48.2 Å². The number of nitrogens with one attached hydrogen (secondary N) is 1. The van der Waals surface area contributed by atoms with Crippen molar-refractivity contribution in [2.75, 3.05) is 30.3 Å². The fourth-order valence-electron chi connectivity index (χ4n) is 5.70. The zero-order chi connectivity index (χ0) is 30.2. The minimum absolute atomic E-state index is 0.0675. The molecular formula is C29H32ClF3N6O3. The van der Waals surface area contributed by atoms with E-state index in [1.165, 1.54) is 24.3 Å². The molecule has 5 rings (SSSR count). The van der Waals surface area contributed by atoms with Gasteiger partial charge in [0.2, 0.25) is 17.9 Å². The van der Waals surface area contributed by atoms with Gasteiger partial charge in [-0.2, -0.15) is 23.1 Å². The number of alkyl halides is 3. The molecule has 1 unspecified atom stereocenters. The first kappa shape index (κ1) is 29.8. The average Bonchev–Trinajstić information content (AvgIpc) is 3.35. The van der Waals surface area contributed by atoms with Crippen molar-refractivity contribution < 1.29 is 27.8 Å². The number of benzene rings is 1. The third kappa shape index (κ3) is 6.39. The maximum atomic E-state index is 14.6. The van der Waals surface area contributed by atoms with Gasteiger partial charge in [-0.05, 0) is 66.0 Å². The number of carbonyl (C=O) groups is 1. The quantitative estimate of drug-likeness (QED) is 0.315. The molecule has 4 N–H and O–H groups in total. The second kappa shape index (κ2) is 11.6. The number of carboxylic acid groups (broad SMARTS) is 1. The van der Waals surface area contributed by atoms with Crippen LogP contribution in [0, 0.1) is 5.41 Å². The average molecular weight is 605 g/mol. The molecule has 2 aliphatic heterocycles. The molecule has 4 heterocycles. The van der Waals surface area contributed by atoms with Crippen molar-refractivity contribution in [1.82, 2.24) is 20.3 Å². The van der Waals surface area contributed by atoms with Gasteiger partial charge >= 0.3 is 12.1 Å². The van der Waals surface area contributed by atoms with E-state index < -0.39 is 24.3 Å². The van der Waals surface area contributed by atoms with Crippen LogP contribution in [0.2, 0.25) is 5.02 Å². The highest BCUT2D eigenvalue weighted by Crippen LogP contribution is 2.43. The Kier molecular flexibility index (Phi) is 8.21. The number of anilines is 2. The Balaban J connectivity index is 1.42. The Morgan fingerprint density at radius 1 is 1.19 bits per heavy atom. The molecule has 2 aliphatic rings. The number of nitrogens with two attached hydrogens (primary N) is 1. The molecule has 0 saturated carbocycles. The number of pyridine rings is 1. The number of ether oxygens (including phenoxy) is 1. The van der Waals surface area contributed by atoms with Gasteiger partial charge in [-0.3, -0.25) is 9.78 Å². The zero-order valence-electron chi connectivity index (χ0n) is 23.2. The lowest BCUT2D eigenvalue weighted by molar-refractivity contribution is -0.198. The largest absolute Gasteiger partial charge is 0.480 e. The van der Waals surface area contributed by atoms with Gasteiger partial charge in [0.15, 0.2) is 0 Å². The van der Waals surface area contributed by atoms with Gasteiger partial charge in [0.1, 0.15) is 11.9 Å². The molecule has 9 nitrogen and oxygen atoms in total. The summed E-state index contributed by atoms with van der Waals surface area (Å²) in [5.41, 5.74) is 7.18. The third-order valence-electron chi connectivity index (χ3n) is 8.03. The molecule has 42 heavy (non-hydrogen) atoms. The van der Waals surface area contributed by atoms with Gasteiger partial charge in [0.05, 0.1) is 0 Å². The first-order valence-corrected chi connectivity index (χ1v) is 14.1. The second-order valence-corrected chi connectivity index (χ2v) is 11.7. The Morgan fingerprint density at radius 2 is 1.93 bits per heavy atom. The Hall–Kier alpha value is -3.64. The first-order valence-electron chi connectivity index (χ1n) is 13.7. The van der Waals surface area contributed by atoms with Gasteiger partial charge < -0.3 is 25.8 Å². The topological polar surface area (TPSA) is 126 Å². The van der Waals surface area contributed by atoms with E-state index in [4.69, 9.17) is 22.1 Å². The van der Waals surface area contributed by atoms with E-state index in [1.54, 1.807) is 18.3 Å². The number of nitrogen functional groups attached to an aromatic ring is 1. The fourth-order valence-corrected chi connectivity index (χ4v) is 5.87. The van der Waals surface area contributed by atoms with Crippen LogP contribution in [0.3, 0.4) is 0 Å². The van der Waals surface area contributed by atoms with E-state index in [0.29, 0.717) is 50.3 Å². The molecule has 2 fully saturated rings. The number of aromatic nitrogens is 3. The van der Waals surface area contributed by atoms with E-state index in [2.05, 4.69) is 20.3 Å². The first-order chi connectivity index (χ1) is 19.8. The summed E-state index contributed by atoms with van der Waals surface area (Å²) in [6, 6.07) is 8.34. The number of rotatable bonds is 7. The predicted molar refractivity (Wildman–Crippen MR) is 153 cm³/mol. The predicted octanol–water partition coefficient (Wildman–Crippen LogP) is 5.61. The van der Waals surface area contributed by atoms with Crippen LogP contribution in [0.15, 0.2) is 42.6 Å². The van der Waals surface area contributed by atoms with Gasteiger partial charge in [-0.25, -0.2) is 0 Å². The summed E-state index contributed by atoms with van der Waals surface area (Å²) in [6.07, 6.45) is -3.68. The summed E-state index contributed by atoms with van der Waals surface area (Å²) in [4.78, 5) is 25.9. The van der Waals surface area contributed by atoms with Crippen LogP contribution in [0.4, 0.5) is 24.9 Å². The molecule has 2 saturated heterocycles. The highest BCUT2D eigenvalue weighted by molar-refractivity contribution is 6.30. The number of hydrogen-bond acceptors (Lipinski definition) is 8. The standard InChI is InChI=1S/C29H32ClF3N6O3/c1-16(2)21-11-17(5-8-35-21)20-12-18(30)3-4-19(20)25(29(31,32)33)42-24-13-23(37-27(34)38-24)39-9-6-28(7-10-39)14-22(26(40)41)36-15-28/h3-5,8,11-13,16,22,25,36H,6-7,9-10,14-15H2,1-2H3,(H,40,41)(H2,34,37,38)/t22?,25-/m1/s1. The van der Waals surface area contributed by atoms with Crippen LogP contribution in [-0.2, 0) is 4.79 Å². The van der Waals surface area contributed by atoms with Crippen molar-refractivity contribution in [3.63, 3.8) is 0 Å². The monoisotopic (exact) mass is 604 g/mol. The van der Waals surface area contributed by atoms with Crippen molar-refractivity contribution in [2.24, 2.45) is 5.41 Å². The summed E-state index contributed by atoms with van der Waals surface area (Å²) >= 11 is 6.23. The van der Waals surface area contributed by atoms with Crippen LogP contribution < -0.4 is 20.7 Å². The molecule has 224 valence electrons. The minimum atomic E-state index is -4.80. The van der Waals surface area contributed by atoms with Crippen molar-refractivity contribution in [3.05, 3.63) is 58.9 Å². The number of nitrogens with zero attached hydrogens (tertiary/aromatic N) is 4. The minimum Gasteiger partial charge on any atom is -0.480 e. The third-order valence-corrected chi connectivity index (χ3v) is 8.27. The van der Waals surface area contributed by atoms with Crippen molar-refractivity contribution in [2.45, 2.75) is 57.3 Å². The number of carboxylic acids is 1. The van der Waals surface area contributed by atoms with E-state index >= 15 is 0 Å². The molecule has 0 aliphatic carbocycles. The lowest BCUT2D eigenvalue weighted by Gasteiger charge is -2.39. The number of halogens is 4. The lowest BCUT2D eigenvalue weighted by atomic mass is 9.76. The highest BCUT2D eigenvalue weighted by Gasteiger charge is 2.46. The van der Waals surface area contributed by atoms with Crippen molar-refractivity contribution >= 4 is 29.3 Å². The molecule has 2 atom stereocenters. The summed E-state index contributed by atoms with van der Waals surface area (Å²) in [5.74, 6) is -0.984. The fraction of sp³-hybridized carbons (Fsp3) is 0.448. The van der Waals surface area contributed by atoms with Crippen LogP contribution in [0.25, 0.3) is 11.1 Å². The number of aliphatic carboxylic acids is 1. The van der Waals surface area contributed by atoms with E-state index in [-0.39, 0.29) is 39.3 Å². The lowest BCUT2D eigenvalue weighted by Crippen LogP contribution is -2.41. The summed E-state index contributed by atoms with van der Waals surface area (Å²) in [7, 11) is 0. The molecule has 0 bridgehead atoms. The number of piperidine rings is 1. The summed E-state index contributed by atoms with van der Waals surface area (Å²) in [6.45, 7) is 5.57. The van der Waals surface area contributed by atoms with Crippen LogP contribution in [0.1, 0.15) is 56.4 Å². The summed E-state index contributed by atoms with van der Waals surface area (Å²) in [5, 5.41) is 12.7. The summed E-state index contributed by atoms with van der Waals surface area (Å²) < 4.78 is 49.4. The normalized spacial score (nSPS) is 19.3. The smallest absolute Gasteiger partial charge is 0.429 e. The molecule has 13 heteroatoms.